The van der Waals surface area contributed by atoms with E-state index in [1.54, 1.807) is 0 Å². The van der Waals surface area contributed by atoms with Crippen molar-refractivity contribution in [3.05, 3.63) is 0 Å². The Kier molecular flexibility index (Phi) is 5.79. The predicted octanol–water partition coefficient (Wildman–Crippen LogP) is 0.732. The van der Waals surface area contributed by atoms with Gasteiger partial charge in [0.15, 0.2) is 0 Å². The number of hydrogen-bond acceptors (Lipinski definition) is 4. The van der Waals surface area contributed by atoms with Crippen molar-refractivity contribution in [2.75, 3.05) is 19.3 Å². The van der Waals surface area contributed by atoms with E-state index >= 15 is 0 Å². The van der Waals surface area contributed by atoms with Gasteiger partial charge in [-0.1, -0.05) is 13.8 Å². The third-order valence-electron chi connectivity index (χ3n) is 2.85. The van der Waals surface area contributed by atoms with Crippen LogP contribution in [0.4, 0.5) is 0 Å². The van der Waals surface area contributed by atoms with E-state index in [-0.39, 0.29) is 24.0 Å². The Labute approximate surface area is 107 Å². The average molecular weight is 279 g/mol. The van der Waals surface area contributed by atoms with Crippen molar-refractivity contribution in [3.63, 3.8) is 0 Å². The molecule has 3 N–H and O–H groups in total. The molecule has 1 saturated heterocycles. The highest BCUT2D eigenvalue weighted by Crippen LogP contribution is 2.39. The molecule has 106 valence electrons. The van der Waals surface area contributed by atoms with E-state index in [4.69, 9.17) is 14.5 Å². The molecular formula is C11H22NO5P. The number of rotatable bonds is 5. The molecule has 0 aromatic heterocycles. The lowest BCUT2D eigenvalue weighted by molar-refractivity contribution is -0.148. The minimum Gasteiger partial charge on any atom is -0.464 e. The minimum atomic E-state index is -4.00. The van der Waals surface area contributed by atoms with Crippen LogP contribution in [0.1, 0.15) is 26.7 Å². The van der Waals surface area contributed by atoms with E-state index in [9.17, 15) is 9.36 Å². The summed E-state index contributed by atoms with van der Waals surface area (Å²) in [7, 11) is -4.00. The summed E-state index contributed by atoms with van der Waals surface area (Å²) in [5.41, 5.74) is 0. The van der Waals surface area contributed by atoms with Gasteiger partial charge >= 0.3 is 13.6 Å². The fraction of sp³-hybridized carbons (Fsp3) is 0.909. The molecule has 1 heterocycles. The lowest BCUT2D eigenvalue weighted by Gasteiger charge is -2.29. The molecule has 0 aromatic rings. The number of carbonyl (C=O) groups is 1. The van der Waals surface area contributed by atoms with Crippen LogP contribution >= 0.6 is 7.60 Å². The van der Waals surface area contributed by atoms with Gasteiger partial charge in [0, 0.05) is 0 Å². The first-order valence-corrected chi connectivity index (χ1v) is 8.02. The van der Waals surface area contributed by atoms with Gasteiger partial charge in [-0.2, -0.15) is 0 Å². The number of nitrogens with one attached hydrogen (secondary N) is 1. The predicted molar refractivity (Wildman–Crippen MR) is 67.2 cm³/mol. The van der Waals surface area contributed by atoms with Crippen molar-refractivity contribution in [2.24, 2.45) is 11.8 Å². The van der Waals surface area contributed by atoms with Crippen molar-refractivity contribution in [3.8, 4) is 0 Å². The first-order valence-electron chi connectivity index (χ1n) is 6.22. The maximum absolute atomic E-state index is 11.7. The molecule has 0 aliphatic carbocycles. The van der Waals surface area contributed by atoms with Gasteiger partial charge in [-0.05, 0) is 31.2 Å². The summed E-state index contributed by atoms with van der Waals surface area (Å²) in [5.74, 6) is -0.161. The monoisotopic (exact) mass is 279 g/mol. The largest absolute Gasteiger partial charge is 0.464 e. The molecule has 0 saturated carbocycles. The summed E-state index contributed by atoms with van der Waals surface area (Å²) in [5, 5.41) is 3.03. The number of ether oxygens (including phenoxy) is 1. The first-order chi connectivity index (χ1) is 8.28. The van der Waals surface area contributed by atoms with Gasteiger partial charge < -0.3 is 19.8 Å². The van der Waals surface area contributed by atoms with Gasteiger partial charge in [0.25, 0.3) is 0 Å². The minimum absolute atomic E-state index is 0.122. The highest BCUT2D eigenvalue weighted by atomic mass is 31.2. The van der Waals surface area contributed by atoms with E-state index in [1.165, 1.54) is 0 Å². The molecule has 6 nitrogen and oxygen atoms in total. The fourth-order valence-corrected chi connectivity index (χ4v) is 3.03. The summed E-state index contributed by atoms with van der Waals surface area (Å²) in [6.07, 6.45) is 0.962. The first kappa shape index (κ1) is 15.6. The fourth-order valence-electron chi connectivity index (χ4n) is 2.03. The summed E-state index contributed by atoms with van der Waals surface area (Å²) in [6, 6.07) is -0.436. The molecule has 2 atom stereocenters. The summed E-state index contributed by atoms with van der Waals surface area (Å²) in [6.45, 7) is 4.88. The van der Waals surface area contributed by atoms with Crippen LogP contribution < -0.4 is 5.32 Å². The molecule has 0 spiro atoms. The molecule has 0 unspecified atom stereocenters. The lowest BCUT2D eigenvalue weighted by atomic mass is 9.94. The normalized spacial score (nSPS) is 25.2. The SMILES string of the molecule is CC(C)COC(=O)[C@@H]1C[C@H](CP(=O)(O)O)CCN1. The molecule has 1 aliphatic heterocycles. The molecule has 0 bridgehead atoms. The van der Waals surface area contributed by atoms with Crippen LogP contribution in [0.2, 0.25) is 0 Å². The third kappa shape index (κ3) is 5.96. The average Bonchev–Trinajstić information content (AvgIpc) is 2.23. The second-order valence-electron chi connectivity index (χ2n) is 5.27. The molecule has 0 amide bonds. The summed E-state index contributed by atoms with van der Waals surface area (Å²) < 4.78 is 16.1. The van der Waals surface area contributed by atoms with Crippen LogP contribution in [0.5, 0.6) is 0 Å². The highest BCUT2D eigenvalue weighted by molar-refractivity contribution is 7.51. The van der Waals surface area contributed by atoms with E-state index in [0.717, 1.165) is 0 Å². The van der Waals surface area contributed by atoms with Gasteiger partial charge in [-0.15, -0.1) is 0 Å². The molecule has 1 aliphatic rings. The van der Waals surface area contributed by atoms with Crippen LogP contribution in [0.25, 0.3) is 0 Å². The lowest BCUT2D eigenvalue weighted by Crippen LogP contribution is -2.45. The summed E-state index contributed by atoms with van der Waals surface area (Å²) >= 11 is 0. The maximum atomic E-state index is 11.7. The maximum Gasteiger partial charge on any atom is 0.325 e. The zero-order valence-electron chi connectivity index (χ0n) is 10.8. The third-order valence-corrected chi connectivity index (χ3v) is 3.84. The Hall–Kier alpha value is -0.420. The van der Waals surface area contributed by atoms with Crippen molar-refractivity contribution in [1.29, 1.82) is 0 Å². The van der Waals surface area contributed by atoms with Gasteiger partial charge in [0.2, 0.25) is 0 Å². The van der Waals surface area contributed by atoms with Crippen molar-refractivity contribution in [1.82, 2.24) is 5.32 Å². The quantitative estimate of drug-likeness (QED) is 0.507. The number of carbonyl (C=O) groups excluding carboxylic acids is 1. The number of esters is 1. The Morgan fingerprint density at radius 3 is 2.72 bits per heavy atom. The zero-order chi connectivity index (χ0) is 13.8. The Bertz CT molecular complexity index is 327. The zero-order valence-corrected chi connectivity index (χ0v) is 11.7. The van der Waals surface area contributed by atoms with Crippen LogP contribution in [-0.4, -0.2) is 41.1 Å². The number of hydrogen-bond donors (Lipinski definition) is 3. The van der Waals surface area contributed by atoms with Gasteiger partial charge in [-0.25, -0.2) is 0 Å². The van der Waals surface area contributed by atoms with Gasteiger partial charge in [0.1, 0.15) is 6.04 Å². The van der Waals surface area contributed by atoms with Gasteiger partial charge in [0.05, 0.1) is 12.8 Å². The Morgan fingerprint density at radius 1 is 1.50 bits per heavy atom. The van der Waals surface area contributed by atoms with E-state index < -0.39 is 13.6 Å². The van der Waals surface area contributed by atoms with E-state index in [0.29, 0.717) is 26.0 Å². The molecule has 0 radical (unpaired) electrons. The van der Waals surface area contributed by atoms with Gasteiger partial charge in [-0.3, -0.25) is 9.36 Å². The van der Waals surface area contributed by atoms with E-state index in [1.807, 2.05) is 13.8 Å². The molecule has 1 rings (SSSR count). The van der Waals surface area contributed by atoms with Crippen LogP contribution in [0.15, 0.2) is 0 Å². The molecule has 0 aromatic carbocycles. The molecule has 7 heteroatoms. The van der Waals surface area contributed by atoms with Crippen LogP contribution in [0, 0.1) is 11.8 Å². The summed E-state index contributed by atoms with van der Waals surface area (Å²) in [4.78, 5) is 29.6. The van der Waals surface area contributed by atoms with E-state index in [2.05, 4.69) is 5.32 Å². The van der Waals surface area contributed by atoms with Crippen LogP contribution in [0.3, 0.4) is 0 Å². The standard InChI is InChI=1S/C11H22NO5P/c1-8(2)6-17-11(13)10-5-9(3-4-12-10)7-18(14,15)16/h8-10,12H,3-7H2,1-2H3,(H2,14,15,16)/t9-,10+/m1/s1. The van der Waals surface area contributed by atoms with Crippen LogP contribution in [-0.2, 0) is 14.1 Å². The topological polar surface area (TPSA) is 95.9 Å². The Morgan fingerprint density at radius 2 is 2.17 bits per heavy atom. The second kappa shape index (κ2) is 6.66. The smallest absolute Gasteiger partial charge is 0.325 e. The van der Waals surface area contributed by atoms with Crippen molar-refractivity contribution >= 4 is 13.6 Å². The second-order valence-corrected chi connectivity index (χ2v) is 6.96. The van der Waals surface area contributed by atoms with Crippen molar-refractivity contribution < 1.29 is 23.9 Å². The molecule has 18 heavy (non-hydrogen) atoms. The van der Waals surface area contributed by atoms with Crippen molar-refractivity contribution in [2.45, 2.75) is 32.7 Å². The highest BCUT2D eigenvalue weighted by Gasteiger charge is 2.31. The molecule has 1 fully saturated rings. The molecular weight excluding hydrogens is 257 g/mol. The number of piperidine rings is 1. The Balaban J connectivity index is 2.43.